The van der Waals surface area contributed by atoms with E-state index in [9.17, 15) is 8.42 Å². The van der Waals surface area contributed by atoms with Crippen LogP contribution in [0.3, 0.4) is 0 Å². The maximum Gasteiger partial charge on any atom is 0.215 e. The van der Waals surface area contributed by atoms with Gasteiger partial charge in [-0.3, -0.25) is 0 Å². The van der Waals surface area contributed by atoms with Crippen molar-refractivity contribution in [3.8, 4) is 0 Å². The summed E-state index contributed by atoms with van der Waals surface area (Å²) in [6.07, 6.45) is 7.71. The van der Waals surface area contributed by atoms with E-state index in [1.54, 1.807) is 0 Å². The predicted molar refractivity (Wildman–Crippen MR) is 85.5 cm³/mol. The molecule has 3 N–H and O–H groups in total. The van der Waals surface area contributed by atoms with Crippen molar-refractivity contribution >= 4 is 15.7 Å². The number of hydrogen-bond acceptors (Lipinski definition) is 3. The molecule has 0 bridgehead atoms. The molecule has 1 atom stereocenters. The summed E-state index contributed by atoms with van der Waals surface area (Å²) in [6.45, 7) is 0. The molecular formula is C16H24N2O2S. The van der Waals surface area contributed by atoms with Gasteiger partial charge in [0.25, 0.3) is 0 Å². The van der Waals surface area contributed by atoms with Gasteiger partial charge in [-0.1, -0.05) is 25.3 Å². The first kappa shape index (κ1) is 14.9. The summed E-state index contributed by atoms with van der Waals surface area (Å²) in [5, 5.41) is -0.203. The van der Waals surface area contributed by atoms with Crippen molar-refractivity contribution in [1.82, 2.24) is 4.72 Å². The fourth-order valence-corrected chi connectivity index (χ4v) is 5.41. The zero-order valence-electron chi connectivity index (χ0n) is 12.3. The summed E-state index contributed by atoms with van der Waals surface area (Å²) in [5.41, 5.74) is 8.89. The minimum Gasteiger partial charge on any atom is -0.399 e. The highest BCUT2D eigenvalue weighted by Gasteiger charge is 2.31. The Hall–Kier alpha value is -1.07. The number of benzene rings is 1. The number of hydrogen-bond donors (Lipinski definition) is 2. The average molecular weight is 308 g/mol. The quantitative estimate of drug-likeness (QED) is 0.843. The zero-order chi connectivity index (χ0) is 14.9. The van der Waals surface area contributed by atoms with Gasteiger partial charge in [0.1, 0.15) is 0 Å². The molecule has 1 aromatic carbocycles. The van der Waals surface area contributed by atoms with Crippen molar-refractivity contribution in [3.05, 3.63) is 29.3 Å². The number of nitrogens with two attached hydrogens (primary N) is 1. The molecule has 0 spiro atoms. The molecule has 0 aromatic heterocycles. The van der Waals surface area contributed by atoms with Crippen molar-refractivity contribution in [1.29, 1.82) is 0 Å². The first-order valence-electron chi connectivity index (χ1n) is 7.96. The Morgan fingerprint density at radius 3 is 2.57 bits per heavy atom. The number of fused-ring (bicyclic) bond motifs is 1. The zero-order valence-corrected chi connectivity index (χ0v) is 13.2. The lowest BCUT2D eigenvalue weighted by atomic mass is 9.88. The molecular weight excluding hydrogens is 284 g/mol. The number of aryl methyl sites for hydroxylation is 1. The summed E-state index contributed by atoms with van der Waals surface area (Å²) in [6, 6.07) is 5.75. The second kappa shape index (κ2) is 5.97. The molecule has 3 rings (SSSR count). The van der Waals surface area contributed by atoms with Gasteiger partial charge >= 0.3 is 0 Å². The third-order valence-electron chi connectivity index (χ3n) is 4.78. The third kappa shape index (κ3) is 3.24. The Labute approximate surface area is 127 Å². The molecule has 4 nitrogen and oxygen atoms in total. The molecule has 0 aliphatic heterocycles. The topological polar surface area (TPSA) is 72.2 Å². The smallest absolute Gasteiger partial charge is 0.215 e. The van der Waals surface area contributed by atoms with Crippen molar-refractivity contribution < 1.29 is 8.42 Å². The van der Waals surface area contributed by atoms with Crippen molar-refractivity contribution in [3.63, 3.8) is 0 Å². The lowest BCUT2D eigenvalue weighted by molar-refractivity contribution is 0.459. The molecule has 0 heterocycles. The van der Waals surface area contributed by atoms with Crippen LogP contribution >= 0.6 is 0 Å². The largest absolute Gasteiger partial charge is 0.399 e. The van der Waals surface area contributed by atoms with E-state index in [1.165, 1.54) is 5.56 Å². The summed E-state index contributed by atoms with van der Waals surface area (Å²) >= 11 is 0. The monoisotopic (exact) mass is 308 g/mol. The molecule has 0 saturated heterocycles. The van der Waals surface area contributed by atoms with Crippen LogP contribution in [0, 0.1) is 0 Å². The van der Waals surface area contributed by atoms with E-state index in [1.807, 2.05) is 18.2 Å². The number of nitrogens with one attached hydrogen (secondary N) is 1. The minimum absolute atomic E-state index is 0.0822. The van der Waals surface area contributed by atoms with Crippen LogP contribution in [0.15, 0.2) is 18.2 Å². The molecule has 1 fully saturated rings. The fourth-order valence-electron chi connectivity index (χ4n) is 3.63. The number of nitrogen functional groups attached to an aromatic ring is 1. The van der Waals surface area contributed by atoms with Crippen molar-refractivity contribution in [2.45, 2.75) is 62.7 Å². The van der Waals surface area contributed by atoms with E-state index < -0.39 is 10.0 Å². The standard InChI is InChI=1S/C16H24N2O2S/c17-13-9-10-15-12(11-13)5-4-8-16(15)18-21(19,20)14-6-2-1-3-7-14/h9-11,14,16,18H,1-8,17H2. The number of sulfonamides is 1. The highest BCUT2D eigenvalue weighted by molar-refractivity contribution is 7.90. The Kier molecular flexibility index (Phi) is 4.22. The van der Waals surface area contributed by atoms with Gasteiger partial charge in [-0.25, -0.2) is 13.1 Å². The van der Waals surface area contributed by atoms with Crippen LogP contribution in [0.4, 0.5) is 5.69 Å². The highest BCUT2D eigenvalue weighted by atomic mass is 32.2. The van der Waals surface area contributed by atoms with Crippen LogP contribution < -0.4 is 10.5 Å². The summed E-state index contributed by atoms with van der Waals surface area (Å²) < 4.78 is 28.2. The fraction of sp³-hybridized carbons (Fsp3) is 0.625. The lowest BCUT2D eigenvalue weighted by Crippen LogP contribution is -2.39. The Morgan fingerprint density at radius 1 is 1.05 bits per heavy atom. The van der Waals surface area contributed by atoms with E-state index in [0.29, 0.717) is 0 Å². The molecule has 2 aliphatic rings. The summed E-state index contributed by atoms with van der Waals surface area (Å²) in [7, 11) is -3.22. The average Bonchev–Trinajstić information content (AvgIpc) is 2.48. The molecule has 5 heteroatoms. The summed E-state index contributed by atoms with van der Waals surface area (Å²) in [5.74, 6) is 0. The molecule has 1 aromatic rings. The maximum atomic E-state index is 12.6. The van der Waals surface area contributed by atoms with Crippen LogP contribution in [-0.2, 0) is 16.4 Å². The van der Waals surface area contributed by atoms with Crippen LogP contribution in [0.1, 0.15) is 62.1 Å². The van der Waals surface area contributed by atoms with Gasteiger partial charge in [0.15, 0.2) is 0 Å². The van der Waals surface area contributed by atoms with Gasteiger partial charge in [0.05, 0.1) is 5.25 Å². The Bertz CT molecular complexity index is 607. The van der Waals surface area contributed by atoms with Crippen molar-refractivity contribution in [2.24, 2.45) is 0 Å². The van der Waals surface area contributed by atoms with Gasteiger partial charge in [-0.05, 0) is 55.4 Å². The van der Waals surface area contributed by atoms with Gasteiger partial charge in [0.2, 0.25) is 10.0 Å². The van der Waals surface area contributed by atoms with Gasteiger partial charge in [-0.2, -0.15) is 0 Å². The van der Waals surface area contributed by atoms with E-state index >= 15 is 0 Å². The van der Waals surface area contributed by atoms with Crippen LogP contribution in [0.2, 0.25) is 0 Å². The maximum absolute atomic E-state index is 12.6. The van der Waals surface area contributed by atoms with Crippen molar-refractivity contribution in [2.75, 3.05) is 5.73 Å². The highest BCUT2D eigenvalue weighted by Crippen LogP contribution is 2.33. The second-order valence-corrected chi connectivity index (χ2v) is 8.32. The third-order valence-corrected chi connectivity index (χ3v) is 6.74. The normalized spacial score (nSPS) is 23.7. The van der Waals surface area contributed by atoms with E-state index in [0.717, 1.165) is 62.6 Å². The number of rotatable bonds is 3. The van der Waals surface area contributed by atoms with Crippen LogP contribution in [0.5, 0.6) is 0 Å². The lowest BCUT2D eigenvalue weighted by Gasteiger charge is -2.29. The van der Waals surface area contributed by atoms with Gasteiger partial charge in [0, 0.05) is 11.7 Å². The number of anilines is 1. The Morgan fingerprint density at radius 2 is 1.81 bits per heavy atom. The molecule has 1 saturated carbocycles. The second-order valence-electron chi connectivity index (χ2n) is 6.33. The van der Waals surface area contributed by atoms with Crippen LogP contribution in [-0.4, -0.2) is 13.7 Å². The SMILES string of the molecule is Nc1ccc2c(c1)CCCC2NS(=O)(=O)C1CCCCC1. The molecule has 116 valence electrons. The molecule has 1 unspecified atom stereocenters. The van der Waals surface area contributed by atoms with E-state index in [-0.39, 0.29) is 11.3 Å². The minimum atomic E-state index is -3.22. The molecule has 0 radical (unpaired) electrons. The Balaban J connectivity index is 1.79. The van der Waals surface area contributed by atoms with Crippen LogP contribution in [0.25, 0.3) is 0 Å². The first-order chi connectivity index (χ1) is 10.1. The van der Waals surface area contributed by atoms with E-state index in [2.05, 4.69) is 4.72 Å². The summed E-state index contributed by atoms with van der Waals surface area (Å²) in [4.78, 5) is 0. The van der Waals surface area contributed by atoms with Gasteiger partial charge in [-0.15, -0.1) is 0 Å². The van der Waals surface area contributed by atoms with Gasteiger partial charge < -0.3 is 5.73 Å². The molecule has 2 aliphatic carbocycles. The predicted octanol–water partition coefficient (Wildman–Crippen LogP) is 2.90. The molecule has 21 heavy (non-hydrogen) atoms. The molecule has 0 amide bonds. The van der Waals surface area contributed by atoms with E-state index in [4.69, 9.17) is 5.73 Å². The first-order valence-corrected chi connectivity index (χ1v) is 9.50.